The Morgan fingerprint density at radius 1 is 1.11 bits per heavy atom. The molecule has 1 aliphatic carbocycles. The van der Waals surface area contributed by atoms with Crippen LogP contribution in [0.15, 0.2) is 64.6 Å². The van der Waals surface area contributed by atoms with Crippen LogP contribution in [0.4, 0.5) is 5.82 Å². The smallest absolute Gasteiger partial charge is 0.186 e. The zero-order valence-corrected chi connectivity index (χ0v) is 22.3. The van der Waals surface area contributed by atoms with Crippen molar-refractivity contribution in [2.24, 2.45) is 21.9 Å². The Morgan fingerprint density at radius 3 is 2.74 bits per heavy atom. The average Bonchev–Trinajstić information content (AvgIpc) is 3.35. The maximum atomic E-state index is 11.2. The van der Waals surface area contributed by atoms with Crippen molar-refractivity contribution in [1.29, 1.82) is 0 Å². The predicted octanol–water partition coefficient (Wildman–Crippen LogP) is 6.80. The maximum absolute atomic E-state index is 11.2. The SMILES string of the molecule is CC/C=C\CC=C/C=C/c1ccc(C2=C3N=C(CC4CCC(C=O)CC4)c4c(n[nH]c4C)N3N=CC2)cn1. The average molecular weight is 509 g/mol. The first-order valence-corrected chi connectivity index (χ1v) is 13.8. The van der Waals surface area contributed by atoms with E-state index in [9.17, 15) is 4.79 Å². The molecule has 196 valence electrons. The molecule has 7 nitrogen and oxygen atoms in total. The van der Waals surface area contributed by atoms with Gasteiger partial charge in [0.05, 0.1) is 17.0 Å². The number of hydrogen-bond acceptors (Lipinski definition) is 6. The molecule has 0 aromatic carbocycles. The molecule has 3 aliphatic rings. The number of aldehydes is 1. The van der Waals surface area contributed by atoms with Crippen LogP contribution >= 0.6 is 0 Å². The largest absolute Gasteiger partial charge is 0.303 e. The van der Waals surface area contributed by atoms with Gasteiger partial charge in [-0.05, 0) is 69.9 Å². The number of hydrazone groups is 1. The molecule has 0 spiro atoms. The van der Waals surface area contributed by atoms with Gasteiger partial charge in [-0.3, -0.25) is 10.1 Å². The van der Waals surface area contributed by atoms with E-state index in [1.807, 2.05) is 42.6 Å². The highest BCUT2D eigenvalue weighted by Crippen LogP contribution is 2.40. The van der Waals surface area contributed by atoms with Crippen molar-refractivity contribution in [3.63, 3.8) is 0 Å². The van der Waals surface area contributed by atoms with Crippen molar-refractivity contribution < 1.29 is 4.79 Å². The molecule has 2 aromatic rings. The summed E-state index contributed by atoms with van der Waals surface area (Å²) >= 11 is 0. The summed E-state index contributed by atoms with van der Waals surface area (Å²) in [6, 6.07) is 4.16. The summed E-state index contributed by atoms with van der Waals surface area (Å²) in [5, 5.41) is 14.3. The fourth-order valence-corrected chi connectivity index (χ4v) is 5.39. The van der Waals surface area contributed by atoms with Crippen LogP contribution in [-0.2, 0) is 4.79 Å². The number of fused-ring (bicyclic) bond motifs is 3. The minimum absolute atomic E-state index is 0.215. The summed E-state index contributed by atoms with van der Waals surface area (Å²) in [6.45, 7) is 4.18. The second kappa shape index (κ2) is 12.1. The maximum Gasteiger partial charge on any atom is 0.186 e. The molecule has 2 aliphatic heterocycles. The van der Waals surface area contributed by atoms with Crippen LogP contribution in [0.25, 0.3) is 11.6 Å². The highest BCUT2D eigenvalue weighted by atomic mass is 16.1. The number of aromatic amines is 1. The van der Waals surface area contributed by atoms with E-state index < -0.39 is 0 Å². The molecule has 4 heterocycles. The predicted molar refractivity (Wildman–Crippen MR) is 155 cm³/mol. The second-order valence-corrected chi connectivity index (χ2v) is 10.2. The van der Waals surface area contributed by atoms with Gasteiger partial charge in [0.25, 0.3) is 0 Å². The fraction of sp³-hybridized carbons (Fsp3) is 0.387. The number of rotatable bonds is 9. The number of allylic oxidation sites excluding steroid dienone is 6. The normalized spacial score (nSPS) is 21.4. The number of pyridine rings is 1. The molecular formula is C31H36N6O. The van der Waals surface area contributed by atoms with Crippen molar-refractivity contribution in [2.45, 2.75) is 65.2 Å². The minimum atomic E-state index is 0.215. The minimum Gasteiger partial charge on any atom is -0.303 e. The van der Waals surface area contributed by atoms with E-state index in [4.69, 9.17) is 4.99 Å². The van der Waals surface area contributed by atoms with Crippen molar-refractivity contribution in [2.75, 3.05) is 5.01 Å². The number of anilines is 1. The summed E-state index contributed by atoms with van der Waals surface area (Å²) in [4.78, 5) is 21.1. The monoisotopic (exact) mass is 508 g/mol. The second-order valence-electron chi connectivity index (χ2n) is 10.2. The van der Waals surface area contributed by atoms with Gasteiger partial charge < -0.3 is 4.79 Å². The van der Waals surface area contributed by atoms with Crippen molar-refractivity contribution in [3.05, 3.63) is 77.0 Å². The topological polar surface area (TPSA) is 86.6 Å². The molecule has 5 rings (SSSR count). The lowest BCUT2D eigenvalue weighted by Crippen LogP contribution is -2.28. The molecule has 2 aromatic heterocycles. The lowest BCUT2D eigenvalue weighted by atomic mass is 9.79. The zero-order valence-electron chi connectivity index (χ0n) is 22.3. The number of nitrogens with zero attached hydrogens (tertiary/aromatic N) is 5. The number of aryl methyl sites for hydroxylation is 1. The van der Waals surface area contributed by atoms with Gasteiger partial charge in [0.2, 0.25) is 0 Å². The summed E-state index contributed by atoms with van der Waals surface area (Å²) in [5.41, 5.74) is 6.18. The van der Waals surface area contributed by atoms with E-state index in [0.717, 1.165) is 96.7 Å². The van der Waals surface area contributed by atoms with Crippen LogP contribution in [0.1, 0.15) is 80.8 Å². The third-order valence-corrected chi connectivity index (χ3v) is 7.51. The Morgan fingerprint density at radius 2 is 1.97 bits per heavy atom. The molecule has 0 bridgehead atoms. The fourth-order valence-electron chi connectivity index (χ4n) is 5.39. The van der Waals surface area contributed by atoms with Crippen molar-refractivity contribution >= 4 is 35.7 Å². The van der Waals surface area contributed by atoms with Crippen LogP contribution in [-0.4, -0.2) is 33.4 Å². The quantitative estimate of drug-likeness (QED) is 0.229. The molecule has 0 saturated heterocycles. The Labute approximate surface area is 224 Å². The van der Waals surface area contributed by atoms with Crippen molar-refractivity contribution in [3.8, 4) is 0 Å². The third-order valence-electron chi connectivity index (χ3n) is 7.51. The van der Waals surface area contributed by atoms with E-state index in [2.05, 4.69) is 57.6 Å². The number of hydrogen-bond donors (Lipinski definition) is 1. The van der Waals surface area contributed by atoms with Crippen molar-refractivity contribution in [1.82, 2.24) is 15.2 Å². The van der Waals surface area contributed by atoms with Gasteiger partial charge in [0, 0.05) is 41.6 Å². The van der Waals surface area contributed by atoms with Gasteiger partial charge in [0.1, 0.15) is 6.29 Å². The molecule has 1 fully saturated rings. The Balaban J connectivity index is 1.38. The molecule has 0 unspecified atom stereocenters. The highest BCUT2D eigenvalue weighted by Gasteiger charge is 2.34. The molecule has 0 atom stereocenters. The van der Waals surface area contributed by atoms with Gasteiger partial charge >= 0.3 is 0 Å². The van der Waals surface area contributed by atoms with Gasteiger partial charge in [-0.15, -0.1) is 0 Å². The first-order chi connectivity index (χ1) is 18.7. The van der Waals surface area contributed by atoms with E-state index >= 15 is 0 Å². The van der Waals surface area contributed by atoms with Crippen LogP contribution in [0, 0.1) is 18.8 Å². The van der Waals surface area contributed by atoms with Crippen LogP contribution in [0.3, 0.4) is 0 Å². The standard InChI is InChI=1S/C31H36N6O/c1-3-4-5-6-7-8-9-10-26-16-15-25(20-32-26)27-17-18-33-37-30(27)34-28(29-22(2)35-36-31(29)37)19-23-11-13-24(21-38)14-12-23/h4-5,7-10,15-16,18,20-21,23-24H,3,6,11-14,17,19H2,1-2H3,(H,35,36)/b5-4-,8-7?,10-9+. The zero-order chi connectivity index (χ0) is 26.3. The number of aliphatic imine (C=N–C) groups is 1. The Kier molecular flexibility index (Phi) is 8.22. The van der Waals surface area contributed by atoms with Crippen LogP contribution in [0.2, 0.25) is 0 Å². The lowest BCUT2D eigenvalue weighted by Gasteiger charge is -2.31. The Bertz CT molecular complexity index is 1320. The molecule has 1 N–H and O–H groups in total. The van der Waals surface area contributed by atoms with Gasteiger partial charge in [-0.25, -0.2) is 4.99 Å². The molecular weight excluding hydrogens is 472 g/mol. The van der Waals surface area contributed by atoms with Gasteiger partial charge in [-0.1, -0.05) is 43.4 Å². The third kappa shape index (κ3) is 5.67. The molecule has 0 radical (unpaired) electrons. The Hall–Kier alpha value is -3.87. The number of carbonyl (C=O) groups excluding carboxylic acids is 1. The molecule has 38 heavy (non-hydrogen) atoms. The van der Waals surface area contributed by atoms with E-state index in [-0.39, 0.29) is 5.92 Å². The molecule has 1 saturated carbocycles. The number of H-pyrrole nitrogens is 1. The number of aromatic nitrogens is 3. The van der Waals surface area contributed by atoms with Gasteiger partial charge in [-0.2, -0.15) is 15.2 Å². The first-order valence-electron chi connectivity index (χ1n) is 13.8. The number of nitrogens with one attached hydrogen (secondary N) is 1. The summed E-state index contributed by atoms with van der Waals surface area (Å²) < 4.78 is 0. The lowest BCUT2D eigenvalue weighted by molar-refractivity contribution is -0.112. The summed E-state index contributed by atoms with van der Waals surface area (Å²) in [6.07, 6.45) is 25.2. The van der Waals surface area contributed by atoms with E-state index in [1.165, 1.54) is 0 Å². The van der Waals surface area contributed by atoms with E-state index in [1.54, 1.807) is 0 Å². The highest BCUT2D eigenvalue weighted by molar-refractivity contribution is 6.09. The van der Waals surface area contributed by atoms with Crippen LogP contribution in [0.5, 0.6) is 0 Å². The molecule has 7 heteroatoms. The summed E-state index contributed by atoms with van der Waals surface area (Å²) in [7, 11) is 0. The van der Waals surface area contributed by atoms with Crippen LogP contribution < -0.4 is 5.01 Å². The van der Waals surface area contributed by atoms with E-state index in [0.29, 0.717) is 12.3 Å². The first kappa shape index (κ1) is 25.8. The molecule has 0 amide bonds. The van der Waals surface area contributed by atoms with Gasteiger partial charge in [0.15, 0.2) is 11.6 Å². The summed E-state index contributed by atoms with van der Waals surface area (Å²) in [5.74, 6) is 2.38. The number of carbonyl (C=O) groups is 1.